The first-order chi connectivity index (χ1) is 8.86. The van der Waals surface area contributed by atoms with E-state index in [1.807, 2.05) is 0 Å². The van der Waals surface area contributed by atoms with E-state index in [0.29, 0.717) is 5.82 Å². The molecule has 0 unspecified atom stereocenters. The molecular weight excluding hydrogens is 250 g/mol. The molecule has 0 fully saturated rings. The number of hydrogen-bond donors (Lipinski definition) is 1. The molecule has 0 aliphatic carbocycles. The Balaban J connectivity index is 3.08. The number of hydrogen-bond acceptors (Lipinski definition) is 6. The monoisotopic (exact) mass is 267 g/mol. The van der Waals surface area contributed by atoms with Gasteiger partial charge in [-0.1, -0.05) is 0 Å². The number of aromatic nitrogens is 1. The first-order valence-electron chi connectivity index (χ1n) is 5.61. The second-order valence-electron chi connectivity index (χ2n) is 4.19. The number of nitro groups is 1. The molecular formula is C11H17N5O3. The number of nitrogens with zero attached hydrogens (tertiary/aromatic N) is 4. The minimum absolute atomic E-state index is 0.0218. The Bertz CT molecular complexity index is 489. The third-order valence-electron chi connectivity index (χ3n) is 2.54. The van der Waals surface area contributed by atoms with Crippen LogP contribution in [0.5, 0.6) is 0 Å². The Kier molecular flexibility index (Phi) is 4.62. The summed E-state index contributed by atoms with van der Waals surface area (Å²) in [5.74, 6) is 0.505. The summed E-state index contributed by atoms with van der Waals surface area (Å²) >= 11 is 0. The lowest BCUT2D eigenvalue weighted by Gasteiger charge is -2.20. The Morgan fingerprint density at radius 1 is 1.42 bits per heavy atom. The summed E-state index contributed by atoms with van der Waals surface area (Å²) in [7, 11) is 6.52. The summed E-state index contributed by atoms with van der Waals surface area (Å²) in [6.07, 6.45) is 0. The zero-order chi connectivity index (χ0) is 14.6. The van der Waals surface area contributed by atoms with Crippen molar-refractivity contribution in [2.24, 2.45) is 0 Å². The van der Waals surface area contributed by atoms with E-state index in [9.17, 15) is 14.9 Å². The van der Waals surface area contributed by atoms with Crippen LogP contribution in [0, 0.1) is 10.1 Å². The smallest absolute Gasteiger partial charge is 0.311 e. The first kappa shape index (κ1) is 14.7. The molecule has 0 saturated carbocycles. The van der Waals surface area contributed by atoms with Crippen LogP contribution in [0.3, 0.4) is 0 Å². The van der Waals surface area contributed by atoms with Crippen molar-refractivity contribution in [3.8, 4) is 0 Å². The minimum Gasteiger partial charge on any atom is -0.373 e. The predicted octanol–water partition coefficient (Wildman–Crippen LogP) is 0.556. The fourth-order valence-electron chi connectivity index (χ4n) is 1.42. The van der Waals surface area contributed by atoms with Gasteiger partial charge >= 0.3 is 5.69 Å². The molecule has 1 rings (SSSR count). The van der Waals surface area contributed by atoms with Crippen molar-refractivity contribution in [3.05, 3.63) is 22.2 Å². The van der Waals surface area contributed by atoms with Gasteiger partial charge in [-0.2, -0.15) is 0 Å². The molecule has 1 aromatic rings. The molecule has 1 aromatic heterocycles. The summed E-state index contributed by atoms with van der Waals surface area (Å²) in [6.45, 7) is 0.0218. The molecule has 19 heavy (non-hydrogen) atoms. The highest BCUT2D eigenvalue weighted by Gasteiger charge is 2.21. The van der Waals surface area contributed by atoms with Crippen LogP contribution in [0.15, 0.2) is 12.1 Å². The van der Waals surface area contributed by atoms with Gasteiger partial charge in [-0.05, 0) is 6.07 Å². The SMILES string of the molecule is CNc1ccc([N+](=O)[O-])c(N(C)CC(=O)N(C)C)n1. The number of rotatable bonds is 5. The molecule has 0 aromatic carbocycles. The molecule has 0 aliphatic rings. The summed E-state index contributed by atoms with van der Waals surface area (Å²) in [6, 6.07) is 2.88. The van der Waals surface area contributed by atoms with E-state index >= 15 is 0 Å². The van der Waals surface area contributed by atoms with Crippen LogP contribution in [0.2, 0.25) is 0 Å². The zero-order valence-electron chi connectivity index (χ0n) is 11.4. The zero-order valence-corrected chi connectivity index (χ0v) is 11.4. The number of pyridine rings is 1. The van der Waals surface area contributed by atoms with Gasteiger partial charge in [0.05, 0.1) is 11.5 Å². The second-order valence-corrected chi connectivity index (χ2v) is 4.19. The van der Waals surface area contributed by atoms with Gasteiger partial charge in [0, 0.05) is 34.3 Å². The fourth-order valence-corrected chi connectivity index (χ4v) is 1.42. The maximum absolute atomic E-state index is 11.6. The number of carbonyl (C=O) groups is 1. The van der Waals surface area contributed by atoms with E-state index in [4.69, 9.17) is 0 Å². The molecule has 8 nitrogen and oxygen atoms in total. The van der Waals surface area contributed by atoms with Gasteiger partial charge < -0.3 is 15.1 Å². The van der Waals surface area contributed by atoms with Gasteiger partial charge in [0.1, 0.15) is 5.82 Å². The second kappa shape index (κ2) is 5.98. The predicted molar refractivity (Wildman–Crippen MR) is 72.4 cm³/mol. The Morgan fingerprint density at radius 2 is 2.05 bits per heavy atom. The van der Waals surface area contributed by atoms with Crippen LogP contribution in [0.4, 0.5) is 17.3 Å². The maximum atomic E-state index is 11.6. The molecule has 0 atom stereocenters. The number of anilines is 2. The van der Waals surface area contributed by atoms with Crippen molar-refractivity contribution in [1.82, 2.24) is 9.88 Å². The van der Waals surface area contributed by atoms with Crippen molar-refractivity contribution in [3.63, 3.8) is 0 Å². The molecule has 8 heteroatoms. The summed E-state index contributed by atoms with van der Waals surface area (Å²) in [5.41, 5.74) is -0.131. The van der Waals surface area contributed by atoms with Gasteiger partial charge in [0.15, 0.2) is 0 Å². The highest BCUT2D eigenvalue weighted by atomic mass is 16.6. The van der Waals surface area contributed by atoms with Crippen LogP contribution in [0.25, 0.3) is 0 Å². The van der Waals surface area contributed by atoms with Crippen molar-refractivity contribution in [1.29, 1.82) is 0 Å². The lowest BCUT2D eigenvalue weighted by atomic mass is 10.3. The van der Waals surface area contributed by atoms with Crippen LogP contribution >= 0.6 is 0 Å². The topological polar surface area (TPSA) is 91.6 Å². The number of likely N-dealkylation sites (N-methyl/N-ethyl adjacent to an activating group) is 2. The van der Waals surface area contributed by atoms with E-state index < -0.39 is 4.92 Å². The van der Waals surface area contributed by atoms with Gasteiger partial charge in [-0.25, -0.2) is 4.98 Å². The minimum atomic E-state index is -0.515. The summed E-state index contributed by atoms with van der Waals surface area (Å²) in [4.78, 5) is 29.1. The van der Waals surface area contributed by atoms with E-state index in [0.717, 1.165) is 0 Å². The quantitative estimate of drug-likeness (QED) is 0.619. The Labute approximate surface area is 111 Å². The van der Waals surface area contributed by atoms with Gasteiger partial charge in [-0.15, -0.1) is 0 Å². The molecule has 0 aliphatic heterocycles. The number of carbonyl (C=O) groups excluding carboxylic acids is 1. The lowest BCUT2D eigenvalue weighted by Crippen LogP contribution is -2.35. The highest BCUT2D eigenvalue weighted by Crippen LogP contribution is 2.26. The van der Waals surface area contributed by atoms with Gasteiger partial charge in [0.25, 0.3) is 0 Å². The highest BCUT2D eigenvalue weighted by molar-refractivity contribution is 5.81. The molecule has 1 amide bonds. The average molecular weight is 267 g/mol. The van der Waals surface area contributed by atoms with E-state index in [2.05, 4.69) is 10.3 Å². The third-order valence-corrected chi connectivity index (χ3v) is 2.54. The van der Waals surface area contributed by atoms with Crippen molar-refractivity contribution in [2.45, 2.75) is 0 Å². The normalized spacial score (nSPS) is 9.89. The molecule has 1 heterocycles. The first-order valence-corrected chi connectivity index (χ1v) is 5.61. The van der Waals surface area contributed by atoms with Crippen molar-refractivity contribution < 1.29 is 9.72 Å². The molecule has 0 radical (unpaired) electrons. The molecule has 104 valence electrons. The largest absolute Gasteiger partial charge is 0.373 e. The molecule has 0 saturated heterocycles. The van der Waals surface area contributed by atoms with Crippen LogP contribution < -0.4 is 10.2 Å². The van der Waals surface area contributed by atoms with Crippen molar-refractivity contribution in [2.75, 3.05) is 45.0 Å². The Morgan fingerprint density at radius 3 is 2.53 bits per heavy atom. The standard InChI is InChI=1S/C11H17N5O3/c1-12-9-6-5-8(16(18)19)11(13-9)15(4)7-10(17)14(2)3/h5-6H,7H2,1-4H3,(H,12,13). The van der Waals surface area contributed by atoms with Crippen LogP contribution in [0.1, 0.15) is 0 Å². The average Bonchev–Trinajstić information content (AvgIpc) is 2.37. The summed E-state index contributed by atoms with van der Waals surface area (Å²) in [5, 5.41) is 13.8. The van der Waals surface area contributed by atoms with Gasteiger partial charge in [-0.3, -0.25) is 14.9 Å². The lowest BCUT2D eigenvalue weighted by molar-refractivity contribution is -0.384. The molecule has 0 bridgehead atoms. The number of nitrogens with one attached hydrogen (secondary N) is 1. The van der Waals surface area contributed by atoms with Crippen molar-refractivity contribution >= 4 is 23.2 Å². The van der Waals surface area contributed by atoms with E-state index in [1.54, 1.807) is 28.2 Å². The number of amides is 1. The molecule has 0 spiro atoms. The molecule has 1 N–H and O–H groups in total. The van der Waals surface area contributed by atoms with E-state index in [-0.39, 0.29) is 24.0 Å². The van der Waals surface area contributed by atoms with Crippen LogP contribution in [-0.2, 0) is 4.79 Å². The van der Waals surface area contributed by atoms with E-state index in [1.165, 1.54) is 21.9 Å². The summed E-state index contributed by atoms with van der Waals surface area (Å²) < 4.78 is 0. The Hall–Kier alpha value is -2.38. The van der Waals surface area contributed by atoms with Gasteiger partial charge in [0.2, 0.25) is 11.7 Å². The van der Waals surface area contributed by atoms with Crippen LogP contribution in [-0.4, -0.2) is 55.4 Å². The third kappa shape index (κ3) is 3.54. The fraction of sp³-hybridized carbons (Fsp3) is 0.455. The maximum Gasteiger partial charge on any atom is 0.311 e.